The van der Waals surface area contributed by atoms with Crippen LogP contribution in [-0.4, -0.2) is 15.1 Å². The van der Waals surface area contributed by atoms with Crippen LogP contribution < -0.4 is 0 Å². The molecule has 0 aliphatic carbocycles. The van der Waals surface area contributed by atoms with Gasteiger partial charge in [-0.2, -0.15) is 0 Å². The SMILES string of the molecule is OC(c1ccc2nccnc2c1)c1cccc2ccsc12. The molecule has 1 unspecified atom stereocenters. The Kier molecular flexibility index (Phi) is 2.91. The molecule has 0 aliphatic rings. The van der Waals surface area contributed by atoms with Gasteiger partial charge in [-0.05, 0) is 34.5 Å². The van der Waals surface area contributed by atoms with E-state index in [2.05, 4.69) is 22.1 Å². The predicted molar refractivity (Wildman–Crippen MR) is 85.4 cm³/mol. The van der Waals surface area contributed by atoms with Gasteiger partial charge in [-0.25, -0.2) is 0 Å². The number of fused-ring (bicyclic) bond motifs is 2. The zero-order valence-corrected chi connectivity index (χ0v) is 11.9. The van der Waals surface area contributed by atoms with Crippen LogP contribution in [0.1, 0.15) is 17.2 Å². The van der Waals surface area contributed by atoms with Gasteiger partial charge in [0.25, 0.3) is 0 Å². The molecule has 2 aromatic heterocycles. The average Bonchev–Trinajstić information content (AvgIpc) is 3.02. The highest BCUT2D eigenvalue weighted by molar-refractivity contribution is 7.17. The molecule has 0 spiro atoms. The van der Waals surface area contributed by atoms with Gasteiger partial charge in [-0.1, -0.05) is 24.3 Å². The third-order valence-electron chi connectivity index (χ3n) is 3.61. The summed E-state index contributed by atoms with van der Waals surface area (Å²) in [4.78, 5) is 8.55. The van der Waals surface area contributed by atoms with E-state index in [1.807, 2.05) is 35.7 Å². The van der Waals surface area contributed by atoms with E-state index in [1.54, 1.807) is 23.7 Å². The van der Waals surface area contributed by atoms with Crippen molar-refractivity contribution < 1.29 is 5.11 Å². The number of aromatic nitrogens is 2. The lowest BCUT2D eigenvalue weighted by atomic mass is 10.00. The summed E-state index contributed by atoms with van der Waals surface area (Å²) < 4.78 is 1.13. The first kappa shape index (κ1) is 12.4. The summed E-state index contributed by atoms with van der Waals surface area (Å²) in [7, 11) is 0. The van der Waals surface area contributed by atoms with Crippen molar-refractivity contribution in [1.29, 1.82) is 0 Å². The van der Waals surface area contributed by atoms with Gasteiger partial charge in [0.2, 0.25) is 0 Å². The minimum Gasteiger partial charge on any atom is -0.384 e. The highest BCUT2D eigenvalue weighted by atomic mass is 32.1. The second-order valence-corrected chi connectivity index (χ2v) is 5.81. The number of rotatable bonds is 2. The van der Waals surface area contributed by atoms with E-state index in [0.717, 1.165) is 32.2 Å². The lowest BCUT2D eigenvalue weighted by Crippen LogP contribution is -2.00. The minimum absolute atomic E-state index is 0.654. The van der Waals surface area contributed by atoms with Gasteiger partial charge in [0.15, 0.2) is 0 Å². The van der Waals surface area contributed by atoms with Crippen LogP contribution in [0.3, 0.4) is 0 Å². The van der Waals surface area contributed by atoms with Crippen molar-refractivity contribution in [2.45, 2.75) is 6.10 Å². The summed E-state index contributed by atoms with van der Waals surface area (Å²) in [6.45, 7) is 0. The highest BCUT2D eigenvalue weighted by Crippen LogP contribution is 2.32. The standard InChI is InChI=1S/C17H12N2OS/c20-16(13-3-1-2-11-6-9-21-17(11)13)12-4-5-14-15(10-12)19-8-7-18-14/h1-10,16,20H. The van der Waals surface area contributed by atoms with Crippen LogP contribution in [0.25, 0.3) is 21.1 Å². The Morgan fingerprint density at radius 3 is 2.71 bits per heavy atom. The molecule has 4 aromatic rings. The van der Waals surface area contributed by atoms with Crippen molar-refractivity contribution in [3.05, 3.63) is 71.4 Å². The summed E-state index contributed by atoms with van der Waals surface area (Å²) in [6, 6.07) is 13.8. The van der Waals surface area contributed by atoms with E-state index in [1.165, 1.54) is 0 Å². The van der Waals surface area contributed by atoms with E-state index in [9.17, 15) is 5.11 Å². The number of thiophene rings is 1. The summed E-state index contributed by atoms with van der Waals surface area (Å²) >= 11 is 1.65. The summed E-state index contributed by atoms with van der Waals surface area (Å²) in [5, 5.41) is 13.9. The quantitative estimate of drug-likeness (QED) is 0.609. The highest BCUT2D eigenvalue weighted by Gasteiger charge is 2.15. The molecule has 0 radical (unpaired) electrons. The van der Waals surface area contributed by atoms with E-state index in [0.29, 0.717) is 0 Å². The van der Waals surface area contributed by atoms with Gasteiger partial charge in [0, 0.05) is 22.7 Å². The third-order valence-corrected chi connectivity index (χ3v) is 4.59. The van der Waals surface area contributed by atoms with E-state index in [-0.39, 0.29) is 0 Å². The monoisotopic (exact) mass is 292 g/mol. The molecule has 0 fully saturated rings. The molecule has 1 N–H and O–H groups in total. The molecule has 0 amide bonds. The van der Waals surface area contributed by atoms with Crippen LogP contribution in [0.2, 0.25) is 0 Å². The first-order valence-corrected chi connectivity index (χ1v) is 7.56. The minimum atomic E-state index is -0.654. The Morgan fingerprint density at radius 1 is 0.952 bits per heavy atom. The Labute approximate surface area is 125 Å². The molecular weight excluding hydrogens is 280 g/mol. The van der Waals surface area contributed by atoms with E-state index < -0.39 is 6.10 Å². The van der Waals surface area contributed by atoms with Gasteiger partial charge >= 0.3 is 0 Å². The van der Waals surface area contributed by atoms with Crippen LogP contribution in [0.4, 0.5) is 0 Å². The number of benzene rings is 2. The molecule has 4 heteroatoms. The van der Waals surface area contributed by atoms with Gasteiger partial charge in [0.1, 0.15) is 6.10 Å². The molecule has 0 saturated carbocycles. The lowest BCUT2D eigenvalue weighted by molar-refractivity contribution is 0.222. The largest absolute Gasteiger partial charge is 0.384 e. The summed E-state index contributed by atoms with van der Waals surface area (Å²) in [6.07, 6.45) is 2.68. The van der Waals surface area contributed by atoms with E-state index >= 15 is 0 Å². The predicted octanol–water partition coefficient (Wildman–Crippen LogP) is 3.93. The smallest absolute Gasteiger partial charge is 0.106 e. The van der Waals surface area contributed by atoms with Crippen molar-refractivity contribution in [3.8, 4) is 0 Å². The Bertz CT molecular complexity index is 932. The number of aliphatic hydroxyl groups excluding tert-OH is 1. The molecule has 1 atom stereocenters. The number of hydrogen-bond donors (Lipinski definition) is 1. The maximum atomic E-state index is 10.7. The topological polar surface area (TPSA) is 46.0 Å². The van der Waals surface area contributed by atoms with Crippen molar-refractivity contribution in [3.63, 3.8) is 0 Å². The number of nitrogens with zero attached hydrogens (tertiary/aromatic N) is 2. The molecule has 3 nitrogen and oxygen atoms in total. The lowest BCUT2D eigenvalue weighted by Gasteiger charge is -2.13. The average molecular weight is 292 g/mol. The van der Waals surface area contributed by atoms with Crippen molar-refractivity contribution in [2.75, 3.05) is 0 Å². The van der Waals surface area contributed by atoms with Gasteiger partial charge < -0.3 is 5.11 Å². The molecule has 21 heavy (non-hydrogen) atoms. The van der Waals surface area contributed by atoms with Gasteiger partial charge in [-0.15, -0.1) is 11.3 Å². The number of aliphatic hydroxyl groups is 1. The normalized spacial score (nSPS) is 12.8. The summed E-state index contributed by atoms with van der Waals surface area (Å²) in [5.74, 6) is 0. The molecule has 2 heterocycles. The molecule has 4 rings (SSSR count). The molecule has 0 saturated heterocycles. The van der Waals surface area contributed by atoms with Crippen LogP contribution in [0.5, 0.6) is 0 Å². The number of hydrogen-bond acceptors (Lipinski definition) is 4. The molecule has 0 bridgehead atoms. The molecular formula is C17H12N2OS. The fourth-order valence-corrected chi connectivity index (χ4v) is 3.50. The second-order valence-electron chi connectivity index (χ2n) is 4.89. The third kappa shape index (κ3) is 2.09. The Morgan fingerprint density at radius 2 is 1.81 bits per heavy atom. The van der Waals surface area contributed by atoms with Crippen LogP contribution in [0, 0.1) is 0 Å². The van der Waals surface area contributed by atoms with Crippen LogP contribution >= 0.6 is 11.3 Å². The molecule has 102 valence electrons. The fourth-order valence-electron chi connectivity index (χ4n) is 2.56. The molecule has 0 aliphatic heterocycles. The van der Waals surface area contributed by atoms with Crippen LogP contribution in [-0.2, 0) is 0 Å². The first-order valence-electron chi connectivity index (χ1n) is 6.68. The van der Waals surface area contributed by atoms with Gasteiger partial charge in [0.05, 0.1) is 11.0 Å². The fraction of sp³-hybridized carbons (Fsp3) is 0.0588. The van der Waals surface area contributed by atoms with Gasteiger partial charge in [-0.3, -0.25) is 9.97 Å². The first-order chi connectivity index (χ1) is 10.3. The van der Waals surface area contributed by atoms with E-state index in [4.69, 9.17) is 0 Å². The van der Waals surface area contributed by atoms with Crippen LogP contribution in [0.15, 0.2) is 60.2 Å². The van der Waals surface area contributed by atoms with Crippen molar-refractivity contribution >= 4 is 32.5 Å². The summed E-state index contributed by atoms with van der Waals surface area (Å²) in [5.41, 5.74) is 3.41. The van der Waals surface area contributed by atoms with Crippen molar-refractivity contribution in [2.24, 2.45) is 0 Å². The molecule has 2 aromatic carbocycles. The zero-order chi connectivity index (χ0) is 14.2. The Hall–Kier alpha value is -2.30. The van der Waals surface area contributed by atoms with Crippen molar-refractivity contribution in [1.82, 2.24) is 9.97 Å². The second kappa shape index (κ2) is 4.91. The maximum Gasteiger partial charge on any atom is 0.106 e. The maximum absolute atomic E-state index is 10.7. The zero-order valence-electron chi connectivity index (χ0n) is 11.1. The Balaban J connectivity index is 1.85.